The number of fused-ring (bicyclic) bond motifs is 1. The Kier molecular flexibility index (Phi) is 2.25. The van der Waals surface area contributed by atoms with Gasteiger partial charge >= 0.3 is 0 Å². The van der Waals surface area contributed by atoms with Gasteiger partial charge in [-0.05, 0) is 32.4 Å². The molecule has 1 unspecified atom stereocenters. The summed E-state index contributed by atoms with van der Waals surface area (Å²) >= 11 is 0. The lowest BCUT2D eigenvalue weighted by Crippen LogP contribution is -2.34. The first-order chi connectivity index (χ1) is 8.20. The summed E-state index contributed by atoms with van der Waals surface area (Å²) in [5.74, 6) is 0. The van der Waals surface area contributed by atoms with Crippen LogP contribution in [0.1, 0.15) is 25.8 Å². The summed E-state index contributed by atoms with van der Waals surface area (Å²) in [6.07, 6.45) is 5.91. The van der Waals surface area contributed by atoms with Gasteiger partial charge in [-0.15, -0.1) is 0 Å². The van der Waals surface area contributed by atoms with E-state index >= 15 is 0 Å². The van der Waals surface area contributed by atoms with Crippen molar-refractivity contribution in [2.24, 2.45) is 0 Å². The van der Waals surface area contributed by atoms with E-state index in [0.29, 0.717) is 6.17 Å². The van der Waals surface area contributed by atoms with Gasteiger partial charge in [0.1, 0.15) is 6.17 Å². The SMILES string of the molecule is CC1=C2CC=CN2C(C)N1c1ccccc1C. The lowest BCUT2D eigenvalue weighted by molar-refractivity contribution is 0.405. The fourth-order valence-corrected chi connectivity index (χ4v) is 2.92. The maximum Gasteiger partial charge on any atom is 0.107 e. The van der Waals surface area contributed by atoms with Crippen molar-refractivity contribution in [3.8, 4) is 0 Å². The van der Waals surface area contributed by atoms with Gasteiger partial charge in [-0.2, -0.15) is 0 Å². The number of para-hydroxylation sites is 1. The normalized spacial score (nSPS) is 22.6. The van der Waals surface area contributed by atoms with Crippen molar-refractivity contribution in [1.29, 1.82) is 0 Å². The van der Waals surface area contributed by atoms with Gasteiger partial charge in [0, 0.05) is 29.7 Å². The van der Waals surface area contributed by atoms with E-state index in [9.17, 15) is 0 Å². The lowest BCUT2D eigenvalue weighted by atomic mass is 10.1. The molecule has 0 bridgehead atoms. The molecule has 17 heavy (non-hydrogen) atoms. The number of hydrogen-bond acceptors (Lipinski definition) is 2. The highest BCUT2D eigenvalue weighted by molar-refractivity contribution is 5.61. The molecular weight excluding hydrogens is 208 g/mol. The van der Waals surface area contributed by atoms with E-state index in [0.717, 1.165) is 6.42 Å². The molecule has 0 radical (unpaired) electrons. The number of anilines is 1. The molecule has 0 saturated heterocycles. The van der Waals surface area contributed by atoms with Gasteiger partial charge in [0.15, 0.2) is 0 Å². The van der Waals surface area contributed by atoms with Gasteiger partial charge in [-0.1, -0.05) is 24.3 Å². The average Bonchev–Trinajstić information content (AvgIpc) is 2.87. The molecule has 2 heteroatoms. The summed E-state index contributed by atoms with van der Waals surface area (Å²) in [4.78, 5) is 4.82. The highest BCUT2D eigenvalue weighted by atomic mass is 15.4. The molecule has 1 aromatic carbocycles. The maximum absolute atomic E-state index is 2.44. The molecule has 2 aliphatic rings. The van der Waals surface area contributed by atoms with E-state index in [2.05, 4.69) is 67.1 Å². The van der Waals surface area contributed by atoms with Crippen LogP contribution < -0.4 is 4.90 Å². The van der Waals surface area contributed by atoms with Crippen LogP contribution in [-0.4, -0.2) is 11.1 Å². The van der Waals surface area contributed by atoms with Gasteiger partial charge < -0.3 is 9.80 Å². The number of benzene rings is 1. The Morgan fingerprint density at radius 3 is 2.65 bits per heavy atom. The van der Waals surface area contributed by atoms with Crippen LogP contribution in [0.15, 0.2) is 47.9 Å². The molecule has 1 atom stereocenters. The summed E-state index contributed by atoms with van der Waals surface area (Å²) in [6, 6.07) is 8.61. The molecule has 0 N–H and O–H groups in total. The molecular formula is C15H18N2. The number of nitrogens with zero attached hydrogens (tertiary/aromatic N) is 2. The Bertz CT molecular complexity index is 513. The van der Waals surface area contributed by atoms with Crippen LogP contribution in [0.4, 0.5) is 5.69 Å². The Morgan fingerprint density at radius 2 is 1.94 bits per heavy atom. The minimum absolute atomic E-state index is 0.393. The standard InChI is InChI=1S/C15H18N2/c1-11-7-4-5-8-14(11)17-12(2)15-9-6-10-16(15)13(17)3/h4-8,10,13H,9H2,1-3H3. The second-order valence-electron chi connectivity index (χ2n) is 4.82. The Balaban J connectivity index is 2.06. The maximum atomic E-state index is 2.44. The van der Waals surface area contributed by atoms with Gasteiger partial charge in [0.25, 0.3) is 0 Å². The second-order valence-corrected chi connectivity index (χ2v) is 4.82. The van der Waals surface area contributed by atoms with E-state index in [4.69, 9.17) is 0 Å². The summed E-state index contributed by atoms with van der Waals surface area (Å²) in [7, 11) is 0. The van der Waals surface area contributed by atoms with Crippen molar-refractivity contribution in [3.63, 3.8) is 0 Å². The van der Waals surface area contributed by atoms with Crippen molar-refractivity contribution in [2.75, 3.05) is 4.90 Å². The zero-order valence-corrected chi connectivity index (χ0v) is 10.6. The first-order valence-corrected chi connectivity index (χ1v) is 6.20. The largest absolute Gasteiger partial charge is 0.329 e. The smallest absolute Gasteiger partial charge is 0.107 e. The minimum atomic E-state index is 0.393. The highest BCUT2D eigenvalue weighted by Gasteiger charge is 2.34. The van der Waals surface area contributed by atoms with E-state index in [1.807, 2.05) is 0 Å². The van der Waals surface area contributed by atoms with Crippen LogP contribution >= 0.6 is 0 Å². The zero-order chi connectivity index (χ0) is 12.0. The molecule has 0 fully saturated rings. The van der Waals surface area contributed by atoms with Crippen LogP contribution in [0.5, 0.6) is 0 Å². The fraction of sp³-hybridized carbons (Fsp3) is 0.333. The molecule has 3 rings (SSSR count). The number of allylic oxidation sites excluding steroid dienone is 2. The molecule has 88 valence electrons. The Labute approximate surface area is 103 Å². The second kappa shape index (κ2) is 3.66. The topological polar surface area (TPSA) is 6.48 Å². The van der Waals surface area contributed by atoms with Crippen molar-refractivity contribution in [3.05, 3.63) is 53.5 Å². The third-order valence-corrected chi connectivity index (χ3v) is 3.82. The molecule has 1 aromatic rings. The minimum Gasteiger partial charge on any atom is -0.329 e. The van der Waals surface area contributed by atoms with Crippen LogP contribution in [0.3, 0.4) is 0 Å². The Hall–Kier alpha value is -1.70. The van der Waals surface area contributed by atoms with Crippen molar-refractivity contribution in [2.45, 2.75) is 33.4 Å². The van der Waals surface area contributed by atoms with Gasteiger partial charge in [0.05, 0.1) is 0 Å². The Morgan fingerprint density at radius 1 is 1.18 bits per heavy atom. The monoisotopic (exact) mass is 226 g/mol. The fourth-order valence-electron chi connectivity index (χ4n) is 2.92. The van der Waals surface area contributed by atoms with E-state index in [1.165, 1.54) is 22.6 Å². The molecule has 2 nitrogen and oxygen atoms in total. The van der Waals surface area contributed by atoms with Gasteiger partial charge in [-0.25, -0.2) is 0 Å². The van der Waals surface area contributed by atoms with E-state index in [-0.39, 0.29) is 0 Å². The average molecular weight is 226 g/mol. The zero-order valence-electron chi connectivity index (χ0n) is 10.6. The van der Waals surface area contributed by atoms with Crippen molar-refractivity contribution in [1.82, 2.24) is 4.90 Å². The summed E-state index contributed by atoms with van der Waals surface area (Å²) in [5, 5.41) is 0. The number of hydrogen-bond donors (Lipinski definition) is 0. The van der Waals surface area contributed by atoms with Crippen LogP contribution in [0.25, 0.3) is 0 Å². The third kappa shape index (κ3) is 1.40. The first kappa shape index (κ1) is 10.5. The molecule has 2 aliphatic heterocycles. The van der Waals surface area contributed by atoms with E-state index < -0.39 is 0 Å². The predicted octanol–water partition coefficient (Wildman–Crippen LogP) is 3.61. The molecule has 0 spiro atoms. The summed E-state index contributed by atoms with van der Waals surface area (Å²) in [6.45, 7) is 6.67. The quantitative estimate of drug-likeness (QED) is 0.721. The van der Waals surface area contributed by atoms with Crippen molar-refractivity contribution >= 4 is 5.69 Å². The summed E-state index contributed by atoms with van der Waals surface area (Å²) < 4.78 is 0. The predicted molar refractivity (Wildman–Crippen MR) is 71.4 cm³/mol. The third-order valence-electron chi connectivity index (χ3n) is 3.82. The molecule has 0 aromatic heterocycles. The van der Waals surface area contributed by atoms with Crippen LogP contribution in [0, 0.1) is 6.92 Å². The number of aryl methyl sites for hydroxylation is 1. The van der Waals surface area contributed by atoms with Gasteiger partial charge in [0.2, 0.25) is 0 Å². The van der Waals surface area contributed by atoms with Crippen LogP contribution in [-0.2, 0) is 0 Å². The molecule has 0 aliphatic carbocycles. The first-order valence-electron chi connectivity index (χ1n) is 6.20. The van der Waals surface area contributed by atoms with Crippen molar-refractivity contribution < 1.29 is 0 Å². The van der Waals surface area contributed by atoms with Crippen LogP contribution in [0.2, 0.25) is 0 Å². The summed E-state index contributed by atoms with van der Waals surface area (Å²) in [5.41, 5.74) is 5.50. The highest BCUT2D eigenvalue weighted by Crippen LogP contribution is 2.39. The molecule has 2 heterocycles. The molecule has 0 amide bonds. The number of rotatable bonds is 1. The van der Waals surface area contributed by atoms with Gasteiger partial charge in [-0.3, -0.25) is 0 Å². The lowest BCUT2D eigenvalue weighted by Gasteiger charge is -2.30. The molecule has 0 saturated carbocycles. The van der Waals surface area contributed by atoms with E-state index in [1.54, 1.807) is 0 Å².